The Balaban J connectivity index is 1.95. The summed E-state index contributed by atoms with van der Waals surface area (Å²) in [5, 5.41) is 0. The fraction of sp³-hybridized carbons (Fsp3) is 0.367. The van der Waals surface area contributed by atoms with Gasteiger partial charge in [0.05, 0.1) is 33.2 Å². The number of rotatable bonds is 12. The van der Waals surface area contributed by atoms with Crippen LogP contribution in [0.5, 0.6) is 5.75 Å². The second-order valence-electron chi connectivity index (χ2n) is 10.2. The van der Waals surface area contributed by atoms with Gasteiger partial charge in [-0.3, -0.25) is 9.52 Å². The summed E-state index contributed by atoms with van der Waals surface area (Å²) >= 11 is 0. The van der Waals surface area contributed by atoms with E-state index >= 15 is 0 Å². The highest BCUT2D eigenvalue weighted by Gasteiger charge is 2.23. The summed E-state index contributed by atoms with van der Waals surface area (Å²) in [5.74, 6) is 0.730. The third-order valence-corrected chi connectivity index (χ3v) is 6.52. The van der Waals surface area contributed by atoms with Crippen LogP contribution in [0.1, 0.15) is 50.1 Å². The minimum atomic E-state index is -3.34. The summed E-state index contributed by atoms with van der Waals surface area (Å²) in [6.45, 7) is 10.1. The van der Waals surface area contributed by atoms with Crippen LogP contribution in [0.3, 0.4) is 0 Å². The number of anilines is 1. The van der Waals surface area contributed by atoms with Gasteiger partial charge in [0.15, 0.2) is 0 Å². The number of H-pyrrole nitrogens is 1. The van der Waals surface area contributed by atoms with Crippen LogP contribution in [0.4, 0.5) is 5.69 Å². The van der Waals surface area contributed by atoms with Crippen LogP contribution in [-0.2, 0) is 31.5 Å². The highest BCUT2D eigenvalue weighted by Crippen LogP contribution is 2.38. The maximum atomic E-state index is 13.1. The molecule has 0 amide bonds. The van der Waals surface area contributed by atoms with Crippen LogP contribution in [0.15, 0.2) is 53.3 Å². The Morgan fingerprint density at radius 3 is 2.26 bits per heavy atom. The van der Waals surface area contributed by atoms with E-state index in [1.54, 1.807) is 19.2 Å². The summed E-state index contributed by atoms with van der Waals surface area (Å²) < 4.78 is 42.1. The van der Waals surface area contributed by atoms with Gasteiger partial charge in [0, 0.05) is 34.7 Å². The molecule has 8 nitrogen and oxygen atoms in total. The zero-order valence-electron chi connectivity index (χ0n) is 23.5. The number of aromatic nitrogens is 1. The van der Waals surface area contributed by atoms with Crippen molar-refractivity contribution in [2.45, 2.75) is 39.7 Å². The summed E-state index contributed by atoms with van der Waals surface area (Å²) in [7, 11) is -1.70. The van der Waals surface area contributed by atoms with Crippen LogP contribution in [0.25, 0.3) is 23.3 Å². The van der Waals surface area contributed by atoms with Crippen LogP contribution in [0.2, 0.25) is 0 Å². The second kappa shape index (κ2) is 13.1. The van der Waals surface area contributed by atoms with E-state index in [0.29, 0.717) is 43.4 Å². The predicted molar refractivity (Wildman–Crippen MR) is 158 cm³/mol. The number of hydrogen-bond acceptors (Lipinski definition) is 6. The first-order valence-corrected chi connectivity index (χ1v) is 14.7. The fourth-order valence-corrected chi connectivity index (χ4v) is 4.61. The number of pyridine rings is 1. The molecule has 0 aliphatic heterocycles. The minimum absolute atomic E-state index is 0.199. The third kappa shape index (κ3) is 8.81. The molecule has 0 aliphatic rings. The van der Waals surface area contributed by atoms with Gasteiger partial charge >= 0.3 is 0 Å². The molecule has 0 unspecified atom stereocenters. The number of aromatic amines is 1. The smallest absolute Gasteiger partial charge is 0.256 e. The van der Waals surface area contributed by atoms with E-state index in [1.807, 2.05) is 55.5 Å². The Morgan fingerprint density at radius 1 is 0.974 bits per heavy atom. The van der Waals surface area contributed by atoms with Crippen LogP contribution < -0.4 is 15.0 Å². The first-order chi connectivity index (χ1) is 18.4. The van der Waals surface area contributed by atoms with Crippen molar-refractivity contribution < 1.29 is 22.6 Å². The van der Waals surface area contributed by atoms with Crippen LogP contribution in [0, 0.1) is 0 Å². The Morgan fingerprint density at radius 2 is 1.67 bits per heavy atom. The molecule has 39 heavy (non-hydrogen) atoms. The highest BCUT2D eigenvalue weighted by molar-refractivity contribution is 7.92. The molecule has 0 spiro atoms. The highest BCUT2D eigenvalue weighted by atomic mass is 32.2. The molecule has 2 aromatic carbocycles. The summed E-state index contributed by atoms with van der Waals surface area (Å²) in [6, 6.07) is 14.7. The van der Waals surface area contributed by atoms with Crippen molar-refractivity contribution >= 4 is 27.9 Å². The molecule has 0 saturated carbocycles. The van der Waals surface area contributed by atoms with E-state index in [4.69, 9.17) is 14.2 Å². The van der Waals surface area contributed by atoms with Gasteiger partial charge in [0.25, 0.3) is 5.56 Å². The number of benzene rings is 2. The monoisotopic (exact) mass is 554 g/mol. The molecular weight excluding hydrogens is 516 g/mol. The Bertz CT molecular complexity index is 1450. The first-order valence-electron chi connectivity index (χ1n) is 12.8. The molecule has 0 atom stereocenters. The standard InChI is InChI=1S/C30H38N2O6S/c1-7-37-16-17-38-20-25-14-15-26(29(33)31-25)23-18-22(28(36-5)27(19-23)30(2,3)4)11-8-21-9-12-24(13-10-21)32-39(6,34)35/h8-15,18-19,32H,7,16-17,20H2,1-6H3,(H,31,33). The first kappa shape index (κ1) is 30.1. The van der Waals surface area contributed by atoms with Gasteiger partial charge in [-0.05, 0) is 59.9 Å². The molecule has 3 rings (SSSR count). The van der Waals surface area contributed by atoms with E-state index in [9.17, 15) is 13.2 Å². The topological polar surface area (TPSA) is 107 Å². The third-order valence-electron chi connectivity index (χ3n) is 5.91. The van der Waals surface area contributed by atoms with Gasteiger partial charge in [-0.2, -0.15) is 0 Å². The lowest BCUT2D eigenvalue weighted by Crippen LogP contribution is -2.16. The maximum Gasteiger partial charge on any atom is 0.256 e. The second-order valence-corrected chi connectivity index (χ2v) is 12.0. The van der Waals surface area contributed by atoms with Gasteiger partial charge in [-0.15, -0.1) is 0 Å². The molecule has 0 aliphatic carbocycles. The number of nitrogens with one attached hydrogen (secondary N) is 2. The van der Waals surface area contributed by atoms with Gasteiger partial charge < -0.3 is 19.2 Å². The van der Waals surface area contributed by atoms with Crippen molar-refractivity contribution in [1.82, 2.24) is 4.98 Å². The molecule has 0 radical (unpaired) electrons. The van der Waals surface area contributed by atoms with Crippen LogP contribution >= 0.6 is 0 Å². The molecular formula is C30H38N2O6S. The number of hydrogen-bond donors (Lipinski definition) is 2. The number of ether oxygens (including phenoxy) is 3. The molecule has 1 aromatic heterocycles. The van der Waals surface area contributed by atoms with Crippen molar-refractivity contribution in [3.8, 4) is 16.9 Å². The quantitative estimate of drug-likeness (QED) is 0.228. The van der Waals surface area contributed by atoms with Gasteiger partial charge in [0.1, 0.15) is 5.75 Å². The van der Waals surface area contributed by atoms with E-state index in [-0.39, 0.29) is 11.0 Å². The Kier molecular flexibility index (Phi) is 10.1. The largest absolute Gasteiger partial charge is 0.496 e. The molecule has 2 N–H and O–H groups in total. The molecule has 0 fully saturated rings. The molecule has 9 heteroatoms. The zero-order chi connectivity index (χ0) is 28.6. The van der Waals surface area contributed by atoms with E-state index in [2.05, 4.69) is 30.5 Å². The lowest BCUT2D eigenvalue weighted by Gasteiger charge is -2.24. The number of sulfonamides is 1. The van der Waals surface area contributed by atoms with Crippen molar-refractivity contribution in [2.24, 2.45) is 0 Å². The van der Waals surface area contributed by atoms with E-state index in [1.165, 1.54) is 0 Å². The van der Waals surface area contributed by atoms with E-state index in [0.717, 1.165) is 34.3 Å². The molecule has 0 saturated heterocycles. The molecule has 3 aromatic rings. The zero-order valence-corrected chi connectivity index (χ0v) is 24.3. The van der Waals surface area contributed by atoms with Crippen molar-refractivity contribution in [3.63, 3.8) is 0 Å². The average Bonchev–Trinajstić information content (AvgIpc) is 2.86. The van der Waals surface area contributed by atoms with E-state index < -0.39 is 10.0 Å². The lowest BCUT2D eigenvalue weighted by molar-refractivity contribution is 0.0441. The summed E-state index contributed by atoms with van der Waals surface area (Å²) in [6.07, 6.45) is 4.97. The SMILES string of the molecule is CCOCCOCc1ccc(-c2cc(C=Cc3ccc(NS(C)(=O)=O)cc3)c(OC)c(C(C)(C)C)c2)c(=O)[nH]1. The van der Waals surface area contributed by atoms with Crippen molar-refractivity contribution in [1.29, 1.82) is 0 Å². The van der Waals surface area contributed by atoms with Gasteiger partial charge in [0.2, 0.25) is 10.0 Å². The molecule has 210 valence electrons. The Labute approximate surface area is 231 Å². The normalized spacial score (nSPS) is 12.2. The predicted octanol–water partition coefficient (Wildman–Crippen LogP) is 5.44. The maximum absolute atomic E-state index is 13.1. The summed E-state index contributed by atoms with van der Waals surface area (Å²) in [4.78, 5) is 16.0. The molecule has 1 heterocycles. The van der Waals surface area contributed by atoms with Crippen LogP contribution in [-0.4, -0.2) is 46.6 Å². The minimum Gasteiger partial charge on any atom is -0.496 e. The molecule has 0 bridgehead atoms. The van der Waals surface area contributed by atoms with Crippen molar-refractivity contribution in [2.75, 3.05) is 37.9 Å². The lowest BCUT2D eigenvalue weighted by atomic mass is 9.83. The summed E-state index contributed by atoms with van der Waals surface area (Å²) in [5.41, 5.74) is 4.73. The van der Waals surface area contributed by atoms with Crippen molar-refractivity contribution in [3.05, 3.63) is 81.3 Å². The number of methoxy groups -OCH3 is 1. The fourth-order valence-electron chi connectivity index (χ4n) is 4.05. The van der Waals surface area contributed by atoms with Gasteiger partial charge in [-0.25, -0.2) is 8.42 Å². The Hall–Kier alpha value is -3.40. The van der Waals surface area contributed by atoms with Gasteiger partial charge in [-0.1, -0.05) is 45.1 Å². The average molecular weight is 555 g/mol.